The molecular formula is C14H17N5O. The SMILES string of the molecule is Cc1cc(N)nc2c1C(NC(=O)c1cnn(C)c1)CC2. The van der Waals surface area contributed by atoms with Crippen molar-refractivity contribution in [2.24, 2.45) is 7.05 Å². The average molecular weight is 271 g/mol. The van der Waals surface area contributed by atoms with Crippen LogP contribution in [0.2, 0.25) is 0 Å². The maximum atomic E-state index is 12.2. The second kappa shape index (κ2) is 4.63. The number of carbonyl (C=O) groups excluding carboxylic acids is 1. The lowest BCUT2D eigenvalue weighted by molar-refractivity contribution is 0.0936. The number of amides is 1. The van der Waals surface area contributed by atoms with Crippen LogP contribution in [0.1, 0.15) is 39.6 Å². The first kappa shape index (κ1) is 12.7. The molecule has 0 fully saturated rings. The molecule has 0 aromatic carbocycles. The Labute approximate surface area is 117 Å². The van der Waals surface area contributed by atoms with E-state index in [0.29, 0.717) is 11.4 Å². The number of aryl methyl sites for hydroxylation is 3. The molecule has 1 aliphatic carbocycles. The molecule has 3 rings (SSSR count). The van der Waals surface area contributed by atoms with E-state index in [1.807, 2.05) is 13.0 Å². The van der Waals surface area contributed by atoms with Crippen molar-refractivity contribution in [2.45, 2.75) is 25.8 Å². The highest BCUT2D eigenvalue weighted by atomic mass is 16.1. The largest absolute Gasteiger partial charge is 0.384 e. The quantitative estimate of drug-likeness (QED) is 0.857. The molecule has 0 aliphatic heterocycles. The molecule has 0 saturated carbocycles. The maximum absolute atomic E-state index is 12.2. The zero-order valence-electron chi connectivity index (χ0n) is 11.6. The normalized spacial score (nSPS) is 17.0. The highest BCUT2D eigenvalue weighted by molar-refractivity contribution is 5.94. The van der Waals surface area contributed by atoms with Gasteiger partial charge >= 0.3 is 0 Å². The Morgan fingerprint density at radius 1 is 1.55 bits per heavy atom. The lowest BCUT2D eigenvalue weighted by Crippen LogP contribution is -2.27. The summed E-state index contributed by atoms with van der Waals surface area (Å²) in [6, 6.07) is 1.86. The number of rotatable bonds is 2. The number of hydrogen-bond donors (Lipinski definition) is 2. The Hall–Kier alpha value is -2.37. The fraction of sp³-hybridized carbons (Fsp3) is 0.357. The molecule has 1 unspecified atom stereocenters. The third-order valence-electron chi connectivity index (χ3n) is 3.65. The highest BCUT2D eigenvalue weighted by Crippen LogP contribution is 2.33. The van der Waals surface area contributed by atoms with E-state index >= 15 is 0 Å². The number of nitrogens with one attached hydrogen (secondary N) is 1. The Balaban J connectivity index is 1.83. The summed E-state index contributed by atoms with van der Waals surface area (Å²) < 4.78 is 1.62. The Morgan fingerprint density at radius 3 is 3.05 bits per heavy atom. The van der Waals surface area contributed by atoms with Crippen molar-refractivity contribution in [3.05, 3.63) is 40.8 Å². The van der Waals surface area contributed by atoms with Crippen LogP contribution in [-0.4, -0.2) is 20.7 Å². The molecule has 2 aromatic rings. The smallest absolute Gasteiger partial charge is 0.254 e. The number of nitrogens with two attached hydrogens (primary N) is 1. The van der Waals surface area contributed by atoms with Gasteiger partial charge in [-0.3, -0.25) is 9.48 Å². The van der Waals surface area contributed by atoms with Gasteiger partial charge in [-0.2, -0.15) is 5.10 Å². The first-order chi connectivity index (χ1) is 9.54. The van der Waals surface area contributed by atoms with Gasteiger partial charge in [0.25, 0.3) is 5.91 Å². The van der Waals surface area contributed by atoms with Crippen LogP contribution in [0.5, 0.6) is 0 Å². The summed E-state index contributed by atoms with van der Waals surface area (Å²) in [6.07, 6.45) is 4.98. The number of anilines is 1. The number of fused-ring (bicyclic) bond motifs is 1. The van der Waals surface area contributed by atoms with Gasteiger partial charge in [0.15, 0.2) is 0 Å². The lowest BCUT2D eigenvalue weighted by atomic mass is 10.1. The molecule has 0 spiro atoms. The molecule has 2 heterocycles. The van der Waals surface area contributed by atoms with Crippen LogP contribution in [0.25, 0.3) is 0 Å². The van der Waals surface area contributed by atoms with Gasteiger partial charge in [0.05, 0.1) is 17.8 Å². The standard InChI is InChI=1S/C14H17N5O/c1-8-5-12(15)17-10-3-4-11(13(8)10)18-14(20)9-6-16-19(2)7-9/h5-7,11H,3-4H2,1-2H3,(H2,15,17)(H,18,20). The van der Waals surface area contributed by atoms with Gasteiger partial charge in [0.2, 0.25) is 0 Å². The number of hydrogen-bond acceptors (Lipinski definition) is 4. The minimum absolute atomic E-state index is 0.00538. The minimum atomic E-state index is -0.104. The van der Waals surface area contributed by atoms with Crippen molar-refractivity contribution in [1.29, 1.82) is 0 Å². The summed E-state index contributed by atoms with van der Waals surface area (Å²) in [5.41, 5.74) is 9.53. The van der Waals surface area contributed by atoms with Crippen molar-refractivity contribution in [3.63, 3.8) is 0 Å². The molecule has 0 bridgehead atoms. The predicted octanol–water partition coefficient (Wildman–Crippen LogP) is 1.12. The molecule has 6 nitrogen and oxygen atoms in total. The fourth-order valence-electron chi connectivity index (χ4n) is 2.79. The van der Waals surface area contributed by atoms with Gasteiger partial charge in [-0.15, -0.1) is 0 Å². The van der Waals surface area contributed by atoms with Gasteiger partial charge in [0.1, 0.15) is 5.82 Å². The molecule has 1 amide bonds. The zero-order chi connectivity index (χ0) is 14.3. The van der Waals surface area contributed by atoms with Crippen LogP contribution < -0.4 is 11.1 Å². The first-order valence-corrected chi connectivity index (χ1v) is 6.60. The van der Waals surface area contributed by atoms with Crippen LogP contribution in [-0.2, 0) is 13.5 Å². The maximum Gasteiger partial charge on any atom is 0.254 e. The topological polar surface area (TPSA) is 85.8 Å². The predicted molar refractivity (Wildman–Crippen MR) is 75.1 cm³/mol. The molecule has 0 radical (unpaired) electrons. The van der Waals surface area contributed by atoms with E-state index in [9.17, 15) is 4.79 Å². The minimum Gasteiger partial charge on any atom is -0.384 e. The molecule has 1 aliphatic rings. The van der Waals surface area contributed by atoms with E-state index < -0.39 is 0 Å². The Kier molecular flexibility index (Phi) is 2.93. The molecule has 0 saturated heterocycles. The molecule has 104 valence electrons. The molecule has 3 N–H and O–H groups in total. The molecule has 2 aromatic heterocycles. The summed E-state index contributed by atoms with van der Waals surface area (Å²) in [7, 11) is 1.79. The second-order valence-corrected chi connectivity index (χ2v) is 5.19. The number of pyridine rings is 1. The van der Waals surface area contributed by atoms with Gasteiger partial charge in [-0.05, 0) is 37.0 Å². The second-order valence-electron chi connectivity index (χ2n) is 5.19. The highest BCUT2D eigenvalue weighted by Gasteiger charge is 2.27. The summed E-state index contributed by atoms with van der Waals surface area (Å²) in [4.78, 5) is 16.6. The van der Waals surface area contributed by atoms with Gasteiger partial charge in [-0.25, -0.2) is 4.98 Å². The third kappa shape index (κ3) is 2.13. The molecule has 1 atom stereocenters. The molecule has 6 heteroatoms. The van der Waals surface area contributed by atoms with Crippen LogP contribution >= 0.6 is 0 Å². The monoisotopic (exact) mass is 271 g/mol. The van der Waals surface area contributed by atoms with Gasteiger partial charge in [-0.1, -0.05) is 0 Å². The van der Waals surface area contributed by atoms with E-state index in [2.05, 4.69) is 15.4 Å². The van der Waals surface area contributed by atoms with E-state index in [0.717, 1.165) is 29.7 Å². The van der Waals surface area contributed by atoms with Gasteiger partial charge < -0.3 is 11.1 Å². The van der Waals surface area contributed by atoms with Crippen LogP contribution in [0.4, 0.5) is 5.82 Å². The Morgan fingerprint density at radius 2 is 2.35 bits per heavy atom. The fourth-order valence-corrected chi connectivity index (χ4v) is 2.79. The number of aromatic nitrogens is 3. The molecular weight excluding hydrogens is 254 g/mol. The van der Waals surface area contributed by atoms with Gasteiger partial charge in [0, 0.05) is 18.9 Å². The summed E-state index contributed by atoms with van der Waals surface area (Å²) >= 11 is 0. The lowest BCUT2D eigenvalue weighted by Gasteiger charge is -2.15. The zero-order valence-corrected chi connectivity index (χ0v) is 11.6. The third-order valence-corrected chi connectivity index (χ3v) is 3.65. The van der Waals surface area contributed by atoms with Crippen molar-refractivity contribution >= 4 is 11.7 Å². The Bertz CT molecular complexity index is 676. The van der Waals surface area contributed by atoms with Crippen molar-refractivity contribution in [3.8, 4) is 0 Å². The molecule has 20 heavy (non-hydrogen) atoms. The van der Waals surface area contributed by atoms with E-state index in [-0.39, 0.29) is 11.9 Å². The number of carbonyl (C=O) groups is 1. The van der Waals surface area contributed by atoms with Crippen molar-refractivity contribution < 1.29 is 4.79 Å². The average Bonchev–Trinajstić information content (AvgIpc) is 2.96. The summed E-state index contributed by atoms with van der Waals surface area (Å²) in [5, 5.41) is 7.06. The van der Waals surface area contributed by atoms with Crippen LogP contribution in [0.3, 0.4) is 0 Å². The van der Waals surface area contributed by atoms with Crippen molar-refractivity contribution in [1.82, 2.24) is 20.1 Å². The van der Waals surface area contributed by atoms with E-state index in [1.165, 1.54) is 0 Å². The van der Waals surface area contributed by atoms with Crippen LogP contribution in [0.15, 0.2) is 18.5 Å². The van der Waals surface area contributed by atoms with Crippen molar-refractivity contribution in [2.75, 3.05) is 5.73 Å². The number of nitrogen functional groups attached to an aromatic ring is 1. The van der Waals surface area contributed by atoms with E-state index in [1.54, 1.807) is 24.1 Å². The van der Waals surface area contributed by atoms with E-state index in [4.69, 9.17) is 5.73 Å². The summed E-state index contributed by atoms with van der Waals surface area (Å²) in [6.45, 7) is 2.01. The van der Waals surface area contributed by atoms with Crippen LogP contribution in [0, 0.1) is 6.92 Å². The first-order valence-electron chi connectivity index (χ1n) is 6.60. The number of nitrogens with zero attached hydrogens (tertiary/aromatic N) is 3. The summed E-state index contributed by atoms with van der Waals surface area (Å²) in [5.74, 6) is 0.438.